The summed E-state index contributed by atoms with van der Waals surface area (Å²) >= 11 is 0. The van der Waals surface area contributed by atoms with Gasteiger partial charge in [0.2, 0.25) is 0 Å². The molecule has 0 amide bonds. The highest BCUT2D eigenvalue weighted by Gasteiger charge is 2.40. The molecule has 0 heterocycles. The molecule has 2 aliphatic carbocycles. The van der Waals surface area contributed by atoms with Crippen molar-refractivity contribution in [1.29, 1.82) is 0 Å². The van der Waals surface area contributed by atoms with E-state index in [0.29, 0.717) is 31.7 Å². The second-order valence-corrected chi connectivity index (χ2v) is 11.3. The number of aromatic carboxylic acids is 1. The fraction of sp³-hybridized carbons (Fsp3) is 0.455. The van der Waals surface area contributed by atoms with E-state index in [1.165, 1.54) is 39.2 Å². The molecule has 3 aromatic carbocycles. The van der Waals surface area contributed by atoms with Crippen LogP contribution in [0.1, 0.15) is 80.6 Å². The second kappa shape index (κ2) is 13.8. The summed E-state index contributed by atoms with van der Waals surface area (Å²) in [6.07, 6.45) is 8.42. The van der Waals surface area contributed by atoms with Gasteiger partial charge in [-0.25, -0.2) is 9.18 Å². The maximum atomic E-state index is 14.4. The first-order chi connectivity index (χ1) is 19.7. The van der Waals surface area contributed by atoms with E-state index in [1.807, 2.05) is 49.4 Å². The number of fused-ring (bicyclic) bond motifs is 1. The average molecular weight is 566 g/mol. The molecule has 0 aromatic heterocycles. The molecule has 0 spiro atoms. The lowest BCUT2D eigenvalue weighted by molar-refractivity contribution is -0.159. The van der Waals surface area contributed by atoms with E-state index in [2.05, 4.69) is 0 Å². The van der Waals surface area contributed by atoms with E-state index in [4.69, 9.17) is 19.9 Å². The number of carbonyl (C=O) groups excluding carboxylic acids is 1. The van der Waals surface area contributed by atoms with Crippen molar-refractivity contribution in [2.75, 3.05) is 7.11 Å². The summed E-state index contributed by atoms with van der Waals surface area (Å²) in [5, 5.41) is 11.5. The molecule has 2 aliphatic rings. The fourth-order valence-electron chi connectivity index (χ4n) is 5.56. The SMILES string of the molecule is COc1cc(F)c(OC2CCC(C)(C(=O)OCc3cccc4ccccc34)CC2)cc1C(=O)O.NC1CCCCC1. The van der Waals surface area contributed by atoms with Crippen LogP contribution in [0, 0.1) is 11.2 Å². The van der Waals surface area contributed by atoms with Crippen LogP contribution >= 0.6 is 0 Å². The van der Waals surface area contributed by atoms with Gasteiger partial charge in [0.1, 0.15) is 17.9 Å². The number of hydrogen-bond acceptors (Lipinski definition) is 6. The Balaban J connectivity index is 0.000000483. The molecular weight excluding hydrogens is 525 g/mol. The van der Waals surface area contributed by atoms with Crippen molar-refractivity contribution in [3.05, 3.63) is 71.5 Å². The average Bonchev–Trinajstić information content (AvgIpc) is 2.98. The van der Waals surface area contributed by atoms with Gasteiger partial charge in [-0.15, -0.1) is 0 Å². The molecule has 0 aliphatic heterocycles. The number of esters is 1. The molecule has 3 N–H and O–H groups in total. The number of carboxylic acid groups (broad SMARTS) is 1. The Morgan fingerprint density at radius 2 is 1.66 bits per heavy atom. The van der Waals surface area contributed by atoms with Crippen molar-refractivity contribution in [2.45, 2.75) is 83.5 Å². The Hall–Kier alpha value is -3.65. The minimum atomic E-state index is -1.23. The lowest BCUT2D eigenvalue weighted by Crippen LogP contribution is -2.37. The van der Waals surface area contributed by atoms with Gasteiger partial charge >= 0.3 is 11.9 Å². The van der Waals surface area contributed by atoms with Gasteiger partial charge in [-0.1, -0.05) is 61.7 Å². The third kappa shape index (κ3) is 7.76. The fourth-order valence-corrected chi connectivity index (χ4v) is 5.56. The minimum Gasteiger partial charge on any atom is -0.496 e. The van der Waals surface area contributed by atoms with Gasteiger partial charge in [0.05, 0.1) is 18.6 Å². The van der Waals surface area contributed by atoms with Gasteiger partial charge in [0, 0.05) is 18.2 Å². The molecular formula is C33H40FNO6. The van der Waals surface area contributed by atoms with Crippen molar-refractivity contribution in [2.24, 2.45) is 11.1 Å². The summed E-state index contributed by atoms with van der Waals surface area (Å²) in [6, 6.07) is 16.6. The molecule has 0 unspecified atom stereocenters. The number of methoxy groups -OCH3 is 1. The number of hydrogen-bond donors (Lipinski definition) is 2. The largest absolute Gasteiger partial charge is 0.496 e. The monoisotopic (exact) mass is 565 g/mol. The van der Waals surface area contributed by atoms with Gasteiger partial charge < -0.3 is 25.1 Å². The first-order valence-electron chi connectivity index (χ1n) is 14.4. The van der Waals surface area contributed by atoms with Gasteiger partial charge in [-0.2, -0.15) is 0 Å². The topological polar surface area (TPSA) is 108 Å². The van der Waals surface area contributed by atoms with E-state index < -0.39 is 17.2 Å². The highest BCUT2D eigenvalue weighted by Crippen LogP contribution is 2.39. The normalized spacial score (nSPS) is 20.9. The van der Waals surface area contributed by atoms with Crippen molar-refractivity contribution >= 4 is 22.7 Å². The smallest absolute Gasteiger partial charge is 0.339 e. The van der Waals surface area contributed by atoms with Gasteiger partial charge in [0.15, 0.2) is 11.6 Å². The van der Waals surface area contributed by atoms with Crippen LogP contribution in [0.5, 0.6) is 11.5 Å². The molecule has 7 nitrogen and oxygen atoms in total. The second-order valence-electron chi connectivity index (χ2n) is 11.3. The summed E-state index contributed by atoms with van der Waals surface area (Å²) in [5.74, 6) is -2.38. The highest BCUT2D eigenvalue weighted by molar-refractivity contribution is 5.91. The number of halogens is 1. The molecule has 2 fully saturated rings. The highest BCUT2D eigenvalue weighted by atomic mass is 19.1. The first kappa shape index (κ1) is 30.3. The Kier molecular flexibility index (Phi) is 10.2. The van der Waals surface area contributed by atoms with E-state index in [9.17, 15) is 19.1 Å². The van der Waals surface area contributed by atoms with Gasteiger partial charge in [-0.05, 0) is 61.8 Å². The standard InChI is InChI=1S/C27H27FO6.C6H13N/c1-27(26(31)33-16-18-8-5-7-17-6-3-4-9-20(17)18)12-10-19(11-13-27)34-24-14-21(25(29)30)23(32-2)15-22(24)28;7-6-4-2-1-3-5-6/h3-9,14-15,19H,10-13,16H2,1-2H3,(H,29,30);6H,1-5,7H2. The number of carbonyl (C=O) groups is 2. The summed E-state index contributed by atoms with van der Waals surface area (Å²) in [4.78, 5) is 24.4. The van der Waals surface area contributed by atoms with E-state index in [0.717, 1.165) is 28.5 Å². The van der Waals surface area contributed by atoms with Crippen LogP contribution in [0.3, 0.4) is 0 Å². The molecule has 3 aromatic rings. The zero-order chi connectivity index (χ0) is 29.4. The van der Waals surface area contributed by atoms with Crippen molar-refractivity contribution in [1.82, 2.24) is 0 Å². The quantitative estimate of drug-likeness (QED) is 0.296. The Bertz CT molecular complexity index is 1340. The van der Waals surface area contributed by atoms with Crippen LogP contribution in [0.25, 0.3) is 10.8 Å². The number of rotatable bonds is 7. The van der Waals surface area contributed by atoms with Crippen LogP contribution in [0.15, 0.2) is 54.6 Å². The number of nitrogens with two attached hydrogens (primary N) is 1. The maximum absolute atomic E-state index is 14.4. The number of benzene rings is 3. The summed E-state index contributed by atoms with van der Waals surface area (Å²) in [7, 11) is 1.28. The van der Waals surface area contributed by atoms with Crippen LogP contribution in [0.2, 0.25) is 0 Å². The zero-order valence-corrected chi connectivity index (χ0v) is 23.9. The summed E-state index contributed by atoms with van der Waals surface area (Å²) < 4.78 is 30.8. The zero-order valence-electron chi connectivity index (χ0n) is 23.9. The Morgan fingerprint density at radius 3 is 2.29 bits per heavy atom. The van der Waals surface area contributed by atoms with Crippen molar-refractivity contribution < 1.29 is 33.3 Å². The van der Waals surface area contributed by atoms with Gasteiger partial charge in [-0.3, -0.25) is 4.79 Å². The minimum absolute atomic E-state index is 0.0671. The predicted octanol–water partition coefficient (Wildman–Crippen LogP) is 7.03. The Labute approximate surface area is 240 Å². The molecule has 0 saturated heterocycles. The molecule has 0 radical (unpaired) electrons. The van der Waals surface area contributed by atoms with E-state index >= 15 is 0 Å². The molecule has 0 atom stereocenters. The van der Waals surface area contributed by atoms with Crippen LogP contribution < -0.4 is 15.2 Å². The molecule has 2 saturated carbocycles. The predicted molar refractivity (Wildman–Crippen MR) is 156 cm³/mol. The molecule has 0 bridgehead atoms. The van der Waals surface area contributed by atoms with E-state index in [1.54, 1.807) is 0 Å². The summed E-state index contributed by atoms with van der Waals surface area (Å²) in [5.41, 5.74) is 5.76. The van der Waals surface area contributed by atoms with Crippen LogP contribution in [-0.4, -0.2) is 36.3 Å². The molecule has 5 rings (SSSR count). The van der Waals surface area contributed by atoms with Crippen molar-refractivity contribution in [3.8, 4) is 11.5 Å². The lowest BCUT2D eigenvalue weighted by atomic mass is 9.74. The number of carboxylic acids is 1. The third-order valence-corrected chi connectivity index (χ3v) is 8.20. The molecule has 220 valence electrons. The van der Waals surface area contributed by atoms with E-state index in [-0.39, 0.29) is 35.7 Å². The molecule has 41 heavy (non-hydrogen) atoms. The van der Waals surface area contributed by atoms with Crippen LogP contribution in [-0.2, 0) is 16.1 Å². The summed E-state index contributed by atoms with van der Waals surface area (Å²) in [6.45, 7) is 2.08. The van der Waals surface area contributed by atoms with Crippen LogP contribution in [0.4, 0.5) is 4.39 Å². The third-order valence-electron chi connectivity index (χ3n) is 8.20. The molecule has 8 heteroatoms. The lowest BCUT2D eigenvalue weighted by Gasteiger charge is -2.35. The van der Waals surface area contributed by atoms with Gasteiger partial charge in [0.25, 0.3) is 0 Å². The Morgan fingerprint density at radius 1 is 0.976 bits per heavy atom. The first-order valence-corrected chi connectivity index (χ1v) is 14.4. The maximum Gasteiger partial charge on any atom is 0.339 e. The van der Waals surface area contributed by atoms with Crippen molar-refractivity contribution in [3.63, 3.8) is 0 Å². The number of ether oxygens (including phenoxy) is 3.